The number of piperidine rings is 2. The third-order valence-corrected chi connectivity index (χ3v) is 8.87. The number of ether oxygens (including phenoxy) is 1. The van der Waals surface area contributed by atoms with Crippen molar-refractivity contribution in [1.29, 1.82) is 0 Å². The van der Waals surface area contributed by atoms with Gasteiger partial charge in [0.2, 0.25) is 0 Å². The highest BCUT2D eigenvalue weighted by Crippen LogP contribution is 2.37. The van der Waals surface area contributed by atoms with Crippen LogP contribution in [-0.2, 0) is 11.4 Å². The quantitative estimate of drug-likeness (QED) is 0.373. The number of carboxylic acids is 1. The molecule has 0 aliphatic carbocycles. The summed E-state index contributed by atoms with van der Waals surface area (Å²) in [6.07, 6.45) is 4.63. The molecule has 1 N–H and O–H groups in total. The van der Waals surface area contributed by atoms with Crippen molar-refractivity contribution in [3.05, 3.63) is 64.0 Å². The summed E-state index contributed by atoms with van der Waals surface area (Å²) in [5, 5.41) is 12.4. The summed E-state index contributed by atoms with van der Waals surface area (Å²) in [6.45, 7) is 8.94. The number of amides is 1. The van der Waals surface area contributed by atoms with Gasteiger partial charge >= 0.3 is 5.97 Å². The molecule has 3 aromatic rings. The highest BCUT2D eigenvalue weighted by atomic mass is 32.1. The maximum absolute atomic E-state index is 12.9. The molecular formula is C31H37N3O4S. The molecule has 3 heterocycles. The van der Waals surface area contributed by atoms with Gasteiger partial charge in [0.25, 0.3) is 5.91 Å². The lowest BCUT2D eigenvalue weighted by atomic mass is 9.92. The number of thiazole rings is 1. The van der Waals surface area contributed by atoms with Crippen molar-refractivity contribution in [2.45, 2.75) is 65.5 Å². The largest absolute Gasteiger partial charge is 0.488 e. The van der Waals surface area contributed by atoms with Crippen LogP contribution in [-0.4, -0.2) is 52.5 Å². The van der Waals surface area contributed by atoms with Gasteiger partial charge < -0.3 is 19.6 Å². The van der Waals surface area contributed by atoms with Crippen LogP contribution in [0, 0.1) is 19.8 Å². The predicted molar refractivity (Wildman–Crippen MR) is 155 cm³/mol. The normalized spacial score (nSPS) is 19.7. The summed E-state index contributed by atoms with van der Waals surface area (Å²) >= 11 is 1.59. The summed E-state index contributed by atoms with van der Waals surface area (Å²) < 4.78 is 6.34. The van der Waals surface area contributed by atoms with Crippen LogP contribution in [0.3, 0.4) is 0 Å². The molecule has 0 bridgehead atoms. The number of nitrogens with zero attached hydrogens (tertiary/aromatic N) is 3. The van der Waals surface area contributed by atoms with E-state index in [4.69, 9.17) is 9.72 Å². The van der Waals surface area contributed by atoms with Gasteiger partial charge in [-0.2, -0.15) is 0 Å². The van der Waals surface area contributed by atoms with E-state index in [1.165, 1.54) is 6.42 Å². The average molecular weight is 548 g/mol. The number of hydrogen-bond acceptors (Lipinski definition) is 6. The molecule has 39 heavy (non-hydrogen) atoms. The first-order valence-corrected chi connectivity index (χ1v) is 14.8. The summed E-state index contributed by atoms with van der Waals surface area (Å²) in [5.41, 5.74) is 5.76. The number of carbonyl (C=O) groups is 2. The van der Waals surface area contributed by atoms with Crippen molar-refractivity contribution in [2.75, 3.05) is 24.5 Å². The number of anilines is 1. The van der Waals surface area contributed by atoms with Gasteiger partial charge in [0.05, 0.1) is 11.6 Å². The Morgan fingerprint density at radius 1 is 1.08 bits per heavy atom. The summed E-state index contributed by atoms with van der Waals surface area (Å²) in [5.74, 6) is -0.107. The lowest BCUT2D eigenvalue weighted by Gasteiger charge is -2.36. The van der Waals surface area contributed by atoms with E-state index < -0.39 is 5.97 Å². The first-order chi connectivity index (χ1) is 18.8. The van der Waals surface area contributed by atoms with Gasteiger partial charge in [0.15, 0.2) is 5.13 Å². The van der Waals surface area contributed by atoms with Crippen LogP contribution in [0.25, 0.3) is 11.3 Å². The molecule has 2 unspecified atom stereocenters. The van der Waals surface area contributed by atoms with E-state index in [-0.39, 0.29) is 17.9 Å². The first-order valence-electron chi connectivity index (χ1n) is 13.9. The predicted octanol–water partition coefficient (Wildman–Crippen LogP) is 6.32. The lowest BCUT2D eigenvalue weighted by molar-refractivity contribution is -0.142. The van der Waals surface area contributed by atoms with Crippen molar-refractivity contribution in [2.24, 2.45) is 5.92 Å². The number of carboxylic acid groups (broad SMARTS) is 1. The number of aryl methyl sites for hydroxylation is 2. The summed E-state index contributed by atoms with van der Waals surface area (Å²) in [4.78, 5) is 33.5. The number of carbonyl (C=O) groups excluding carboxylic acids is 1. The standard InChI is InChI=1S/C31H37N3O4S/c1-20-7-10-28(38-18-25-9-8-23(16-21(25)2)29(35)33-12-5-4-6-13-33)26(15-20)27-19-39-31(32-27)34-14-11-24(30(36)37)17-22(34)3/h7-10,15-16,19,22,24H,4-6,11-14,17-18H2,1-3H3,(H,36,37). The lowest BCUT2D eigenvalue weighted by Crippen LogP contribution is -2.42. The number of benzene rings is 2. The molecule has 8 heteroatoms. The molecule has 206 valence electrons. The number of aromatic nitrogens is 1. The highest BCUT2D eigenvalue weighted by Gasteiger charge is 2.31. The maximum atomic E-state index is 12.9. The Bertz CT molecular complexity index is 1350. The van der Waals surface area contributed by atoms with Crippen LogP contribution < -0.4 is 9.64 Å². The van der Waals surface area contributed by atoms with Crippen LogP contribution >= 0.6 is 11.3 Å². The fourth-order valence-electron chi connectivity index (χ4n) is 5.60. The van der Waals surface area contributed by atoms with E-state index in [1.807, 2.05) is 42.2 Å². The highest BCUT2D eigenvalue weighted by molar-refractivity contribution is 7.14. The Labute approximate surface area is 234 Å². The minimum Gasteiger partial charge on any atom is -0.488 e. The maximum Gasteiger partial charge on any atom is 0.306 e. The van der Waals surface area contributed by atoms with Crippen LogP contribution in [0.4, 0.5) is 5.13 Å². The zero-order valence-electron chi connectivity index (χ0n) is 23.0. The first kappa shape index (κ1) is 27.2. The fraction of sp³-hybridized carbons (Fsp3) is 0.452. The molecule has 2 atom stereocenters. The van der Waals surface area contributed by atoms with Crippen LogP contribution in [0.2, 0.25) is 0 Å². The molecule has 2 fully saturated rings. The Morgan fingerprint density at radius 3 is 2.59 bits per heavy atom. The summed E-state index contributed by atoms with van der Waals surface area (Å²) in [6, 6.07) is 12.2. The average Bonchev–Trinajstić information content (AvgIpc) is 3.42. The van der Waals surface area contributed by atoms with Crippen LogP contribution in [0.1, 0.15) is 66.1 Å². The second kappa shape index (κ2) is 11.8. The van der Waals surface area contributed by atoms with E-state index >= 15 is 0 Å². The van der Waals surface area contributed by atoms with Crippen molar-refractivity contribution in [1.82, 2.24) is 9.88 Å². The molecule has 0 spiro atoms. The third-order valence-electron chi connectivity index (χ3n) is 7.99. The van der Waals surface area contributed by atoms with Gasteiger partial charge in [0, 0.05) is 42.2 Å². The van der Waals surface area contributed by atoms with Gasteiger partial charge in [0.1, 0.15) is 12.4 Å². The Hall–Kier alpha value is -3.39. The molecule has 2 saturated heterocycles. The molecule has 2 aliphatic rings. The third kappa shape index (κ3) is 6.11. The molecular weight excluding hydrogens is 510 g/mol. The second-order valence-corrected chi connectivity index (χ2v) is 11.7. The molecule has 2 aliphatic heterocycles. The molecule has 2 aromatic carbocycles. The smallest absolute Gasteiger partial charge is 0.306 e. The molecule has 0 saturated carbocycles. The number of likely N-dealkylation sites (tertiary alicyclic amines) is 1. The molecule has 5 rings (SSSR count). The summed E-state index contributed by atoms with van der Waals surface area (Å²) in [7, 11) is 0. The second-order valence-electron chi connectivity index (χ2n) is 10.9. The Morgan fingerprint density at radius 2 is 1.87 bits per heavy atom. The monoisotopic (exact) mass is 547 g/mol. The van der Waals surface area contributed by atoms with Gasteiger partial charge in [-0.3, -0.25) is 9.59 Å². The van der Waals surface area contributed by atoms with Crippen LogP contribution in [0.5, 0.6) is 5.75 Å². The van der Waals surface area contributed by atoms with Gasteiger partial charge in [-0.15, -0.1) is 11.3 Å². The van der Waals surface area contributed by atoms with E-state index in [1.54, 1.807) is 11.3 Å². The van der Waals surface area contributed by atoms with E-state index in [0.29, 0.717) is 26.0 Å². The van der Waals surface area contributed by atoms with Gasteiger partial charge in [-0.25, -0.2) is 4.98 Å². The zero-order chi connectivity index (χ0) is 27.5. The topological polar surface area (TPSA) is 83.0 Å². The van der Waals surface area contributed by atoms with Gasteiger partial charge in [-0.05, 0) is 88.3 Å². The fourth-order valence-corrected chi connectivity index (χ4v) is 6.55. The van der Waals surface area contributed by atoms with Crippen molar-refractivity contribution < 1.29 is 19.4 Å². The van der Waals surface area contributed by atoms with Gasteiger partial charge in [-0.1, -0.05) is 17.7 Å². The minimum atomic E-state index is -0.707. The Balaban J connectivity index is 1.30. The van der Waals surface area contributed by atoms with Crippen molar-refractivity contribution in [3.63, 3.8) is 0 Å². The zero-order valence-corrected chi connectivity index (χ0v) is 23.8. The van der Waals surface area contributed by atoms with E-state index in [2.05, 4.69) is 30.2 Å². The Kier molecular flexibility index (Phi) is 8.21. The molecule has 1 aromatic heterocycles. The van der Waals surface area contributed by atoms with E-state index in [9.17, 15) is 14.7 Å². The molecule has 7 nitrogen and oxygen atoms in total. The minimum absolute atomic E-state index is 0.118. The molecule has 1 amide bonds. The van der Waals surface area contributed by atoms with E-state index in [0.717, 1.165) is 70.3 Å². The van der Waals surface area contributed by atoms with Crippen LogP contribution in [0.15, 0.2) is 41.8 Å². The number of rotatable bonds is 7. The van der Waals surface area contributed by atoms with Crippen molar-refractivity contribution in [3.8, 4) is 17.0 Å². The number of hydrogen-bond donors (Lipinski definition) is 1. The molecule has 0 radical (unpaired) electrons. The number of aliphatic carboxylic acids is 1. The SMILES string of the molecule is Cc1ccc(OCc2ccc(C(=O)N3CCCCC3)cc2C)c(-c2csc(N3CCC(C(=O)O)CC3C)n2)c1. The van der Waals surface area contributed by atoms with Crippen molar-refractivity contribution >= 4 is 28.3 Å².